The fourth-order valence-electron chi connectivity index (χ4n) is 1.12. The van der Waals surface area contributed by atoms with Gasteiger partial charge >= 0.3 is 0 Å². The molecule has 0 unspecified atom stereocenters. The molecule has 4 nitrogen and oxygen atoms in total. The lowest BCUT2D eigenvalue weighted by molar-refractivity contribution is -0.117. The molecule has 1 aromatic rings. The molecule has 0 saturated carbocycles. The number of halogens is 1. The van der Waals surface area contributed by atoms with E-state index >= 15 is 0 Å². The van der Waals surface area contributed by atoms with E-state index < -0.39 is 6.10 Å². The minimum absolute atomic E-state index is 0.0161. The Bertz CT molecular complexity index is 406. The number of nitrogens with one attached hydrogen (secondary N) is 1. The van der Waals surface area contributed by atoms with Gasteiger partial charge in [0.1, 0.15) is 0 Å². The van der Waals surface area contributed by atoms with Gasteiger partial charge in [0, 0.05) is 17.6 Å². The maximum atomic E-state index is 11.3. The van der Waals surface area contributed by atoms with Crippen molar-refractivity contribution in [3.8, 4) is 0 Å². The fraction of sp³-hybridized carbons (Fsp3) is 0.250. The van der Waals surface area contributed by atoms with E-state index in [4.69, 9.17) is 21.8 Å². The summed E-state index contributed by atoms with van der Waals surface area (Å²) in [5.74, 6) is -0.350. The SMILES string of the molecule is O=C(/C=C/c1ccccc1Cl)NC[C@@H](O)CO. The van der Waals surface area contributed by atoms with Gasteiger partial charge in [-0.05, 0) is 17.7 Å². The quantitative estimate of drug-likeness (QED) is 0.683. The summed E-state index contributed by atoms with van der Waals surface area (Å²) in [5.41, 5.74) is 0.743. The summed E-state index contributed by atoms with van der Waals surface area (Å²) in [6.07, 6.45) is 1.97. The molecule has 1 atom stereocenters. The smallest absolute Gasteiger partial charge is 0.244 e. The van der Waals surface area contributed by atoms with Gasteiger partial charge < -0.3 is 15.5 Å². The molecule has 0 fully saturated rings. The molecule has 0 aliphatic heterocycles. The Labute approximate surface area is 105 Å². The highest BCUT2D eigenvalue weighted by molar-refractivity contribution is 6.32. The first-order valence-electron chi connectivity index (χ1n) is 5.13. The number of aliphatic hydroxyl groups is 2. The third-order valence-electron chi connectivity index (χ3n) is 2.04. The van der Waals surface area contributed by atoms with Crippen LogP contribution in [0.3, 0.4) is 0 Å². The molecule has 3 N–H and O–H groups in total. The Morgan fingerprint density at radius 3 is 2.82 bits per heavy atom. The van der Waals surface area contributed by atoms with Crippen molar-refractivity contribution in [2.45, 2.75) is 6.10 Å². The standard InChI is InChI=1S/C12H14ClNO3/c13-11-4-2-1-3-9(11)5-6-12(17)14-7-10(16)8-15/h1-6,10,15-16H,7-8H2,(H,14,17)/b6-5+/t10-/m1/s1. The molecule has 0 saturated heterocycles. The Balaban J connectivity index is 2.49. The minimum Gasteiger partial charge on any atom is -0.394 e. The van der Waals surface area contributed by atoms with Crippen LogP contribution in [0.1, 0.15) is 5.56 Å². The number of hydrogen-bond acceptors (Lipinski definition) is 3. The van der Waals surface area contributed by atoms with Crippen molar-refractivity contribution in [1.82, 2.24) is 5.32 Å². The van der Waals surface area contributed by atoms with Crippen molar-refractivity contribution in [2.75, 3.05) is 13.2 Å². The first-order chi connectivity index (χ1) is 8.13. The average Bonchev–Trinajstić information content (AvgIpc) is 2.35. The average molecular weight is 256 g/mol. The Hall–Kier alpha value is -1.36. The monoisotopic (exact) mass is 255 g/mol. The molecule has 1 rings (SSSR count). The number of hydrogen-bond donors (Lipinski definition) is 3. The zero-order valence-electron chi connectivity index (χ0n) is 9.14. The lowest BCUT2D eigenvalue weighted by Crippen LogP contribution is -2.32. The highest BCUT2D eigenvalue weighted by atomic mass is 35.5. The number of carbonyl (C=O) groups excluding carboxylic acids is 1. The first kappa shape index (κ1) is 13.7. The summed E-state index contributed by atoms with van der Waals surface area (Å²) in [5, 5.41) is 20.6. The van der Waals surface area contributed by atoms with E-state index in [2.05, 4.69) is 5.32 Å². The van der Waals surface area contributed by atoms with E-state index in [-0.39, 0.29) is 19.1 Å². The van der Waals surface area contributed by atoms with Crippen LogP contribution in [0.4, 0.5) is 0 Å². The maximum absolute atomic E-state index is 11.3. The van der Waals surface area contributed by atoms with E-state index in [1.165, 1.54) is 6.08 Å². The Morgan fingerprint density at radius 1 is 1.47 bits per heavy atom. The van der Waals surface area contributed by atoms with Gasteiger partial charge in [0.25, 0.3) is 0 Å². The molecule has 0 spiro atoms. The first-order valence-corrected chi connectivity index (χ1v) is 5.50. The third-order valence-corrected chi connectivity index (χ3v) is 2.39. The lowest BCUT2D eigenvalue weighted by Gasteiger charge is -2.06. The summed E-state index contributed by atoms with van der Waals surface area (Å²) < 4.78 is 0. The number of carbonyl (C=O) groups is 1. The Morgan fingerprint density at radius 2 is 2.18 bits per heavy atom. The predicted octanol–water partition coefficient (Wildman–Crippen LogP) is 0.823. The molecule has 1 aromatic carbocycles. The molecule has 0 aliphatic rings. The normalized spacial score (nSPS) is 12.6. The molecule has 92 valence electrons. The van der Waals surface area contributed by atoms with Crippen molar-refractivity contribution in [2.24, 2.45) is 0 Å². The molecule has 0 heterocycles. The van der Waals surface area contributed by atoms with Crippen molar-refractivity contribution in [1.29, 1.82) is 0 Å². The van der Waals surface area contributed by atoms with Crippen LogP contribution in [0.5, 0.6) is 0 Å². The van der Waals surface area contributed by atoms with E-state index in [1.54, 1.807) is 24.3 Å². The van der Waals surface area contributed by atoms with E-state index in [1.807, 2.05) is 6.07 Å². The van der Waals surface area contributed by atoms with Crippen molar-refractivity contribution < 1.29 is 15.0 Å². The molecule has 0 aliphatic carbocycles. The van der Waals surface area contributed by atoms with Gasteiger partial charge in [0.05, 0.1) is 12.7 Å². The van der Waals surface area contributed by atoms with Gasteiger partial charge in [0.2, 0.25) is 5.91 Å². The molecular formula is C12H14ClNO3. The predicted molar refractivity (Wildman–Crippen MR) is 66.6 cm³/mol. The molecule has 1 amide bonds. The zero-order chi connectivity index (χ0) is 12.7. The largest absolute Gasteiger partial charge is 0.394 e. The molecule has 0 bridgehead atoms. The van der Waals surface area contributed by atoms with Crippen LogP contribution in [0.15, 0.2) is 30.3 Å². The second-order valence-electron chi connectivity index (χ2n) is 3.44. The second-order valence-corrected chi connectivity index (χ2v) is 3.84. The molecular weight excluding hydrogens is 242 g/mol. The highest BCUT2D eigenvalue weighted by Crippen LogP contribution is 2.15. The summed E-state index contributed by atoms with van der Waals surface area (Å²) in [6, 6.07) is 7.14. The molecule has 5 heteroatoms. The molecule has 0 radical (unpaired) electrons. The minimum atomic E-state index is -0.937. The van der Waals surface area contributed by atoms with Crippen LogP contribution >= 0.6 is 11.6 Å². The van der Waals surface area contributed by atoms with Gasteiger partial charge in [-0.1, -0.05) is 29.8 Å². The van der Waals surface area contributed by atoms with Gasteiger partial charge in [-0.3, -0.25) is 4.79 Å². The van der Waals surface area contributed by atoms with E-state index in [0.717, 1.165) is 5.56 Å². The number of rotatable bonds is 5. The summed E-state index contributed by atoms with van der Waals surface area (Å²) in [6.45, 7) is -0.364. The van der Waals surface area contributed by atoms with Crippen molar-refractivity contribution in [3.63, 3.8) is 0 Å². The highest BCUT2D eigenvalue weighted by Gasteiger charge is 2.03. The van der Waals surface area contributed by atoms with Crippen molar-refractivity contribution >= 4 is 23.6 Å². The Kier molecular flexibility index (Phi) is 5.69. The van der Waals surface area contributed by atoms with Gasteiger partial charge in [-0.15, -0.1) is 0 Å². The zero-order valence-corrected chi connectivity index (χ0v) is 9.89. The molecule has 17 heavy (non-hydrogen) atoms. The van der Waals surface area contributed by atoms with Crippen LogP contribution in [0.25, 0.3) is 6.08 Å². The van der Waals surface area contributed by atoms with Gasteiger partial charge in [0.15, 0.2) is 0 Å². The summed E-state index contributed by atoms with van der Waals surface area (Å²) in [4.78, 5) is 11.3. The van der Waals surface area contributed by atoms with Gasteiger partial charge in [-0.2, -0.15) is 0 Å². The van der Waals surface area contributed by atoms with E-state index in [9.17, 15) is 4.79 Å². The second kappa shape index (κ2) is 7.06. The molecule has 0 aromatic heterocycles. The van der Waals surface area contributed by atoms with E-state index in [0.29, 0.717) is 5.02 Å². The lowest BCUT2D eigenvalue weighted by atomic mass is 10.2. The van der Waals surface area contributed by atoms with Crippen LogP contribution in [0.2, 0.25) is 5.02 Å². The van der Waals surface area contributed by atoms with Crippen molar-refractivity contribution in [3.05, 3.63) is 40.9 Å². The third kappa shape index (κ3) is 4.99. The number of benzene rings is 1. The number of amides is 1. The summed E-state index contributed by atoms with van der Waals surface area (Å²) >= 11 is 5.90. The van der Waals surface area contributed by atoms with Crippen LogP contribution < -0.4 is 5.32 Å². The topological polar surface area (TPSA) is 69.6 Å². The van der Waals surface area contributed by atoms with Crippen LogP contribution in [-0.2, 0) is 4.79 Å². The van der Waals surface area contributed by atoms with Crippen LogP contribution in [0, 0.1) is 0 Å². The number of aliphatic hydroxyl groups excluding tert-OH is 2. The fourth-order valence-corrected chi connectivity index (χ4v) is 1.32. The van der Waals surface area contributed by atoms with Crippen LogP contribution in [-0.4, -0.2) is 35.4 Å². The summed E-state index contributed by atoms with van der Waals surface area (Å²) in [7, 11) is 0. The van der Waals surface area contributed by atoms with Gasteiger partial charge in [-0.25, -0.2) is 0 Å². The maximum Gasteiger partial charge on any atom is 0.244 e.